The van der Waals surface area contributed by atoms with Crippen LogP contribution in [0, 0.1) is 42.9 Å². The van der Waals surface area contributed by atoms with Gasteiger partial charge in [-0.05, 0) is 27.8 Å². The minimum Gasteiger partial charge on any atom is -0.0622 e. The standard InChI is InChI=1S/C35H25.2CO.HI.Ru/c1-6-16-26(17-7-1)31-32(27-18-8-2-9-19-27)34(29-22-12-4-13-23-29)35(30-24-14-5-15-25-30)33(31)28-20-10-3-11-21-28;2*1-2;;/h1-25H;;;1H;/q;;;;+2/p-1. The van der Waals surface area contributed by atoms with Crippen LogP contribution < -0.4 is 0 Å². The molecule has 5 aromatic carbocycles. The molecule has 5 radical (unpaired) electrons. The molecule has 0 bridgehead atoms. The Hall–Kier alpha value is -3.07. The van der Waals surface area contributed by atoms with E-state index in [1.807, 2.05) is 0 Å². The quantitative estimate of drug-likeness (QED) is 0.0751. The van der Waals surface area contributed by atoms with Gasteiger partial charge in [0.2, 0.25) is 0 Å². The Labute approximate surface area is 264 Å². The van der Waals surface area contributed by atoms with E-state index in [4.69, 9.17) is 9.30 Å². The van der Waals surface area contributed by atoms with Crippen LogP contribution in [-0.2, 0) is 24.1 Å². The molecular formula is C37H25IO2Ru+. The third-order valence-electron chi connectivity index (χ3n) is 6.56. The largest absolute Gasteiger partial charge is 0.0622 e. The Balaban J connectivity index is 0.000000725. The summed E-state index contributed by atoms with van der Waals surface area (Å²) in [5.41, 5.74) is 6.13. The minimum atomic E-state index is 1.23. The van der Waals surface area contributed by atoms with Crippen molar-refractivity contribution in [1.82, 2.24) is 0 Å². The fourth-order valence-corrected chi connectivity index (χ4v) is 5.09. The Kier molecular flexibility index (Phi) is 14.0. The maximum atomic E-state index is 7.50. The van der Waals surface area contributed by atoms with Gasteiger partial charge in [-0.15, -0.1) is 0 Å². The van der Waals surface area contributed by atoms with Gasteiger partial charge in [-0.2, -0.15) is 0 Å². The van der Waals surface area contributed by atoms with E-state index in [1.165, 1.54) is 57.4 Å². The number of benzene rings is 5. The van der Waals surface area contributed by atoms with Crippen LogP contribution in [0.4, 0.5) is 0 Å². The van der Waals surface area contributed by atoms with Crippen LogP contribution in [0.2, 0.25) is 0 Å². The topological polar surface area (TPSA) is 39.8 Å². The molecule has 1 aliphatic rings. The molecule has 0 spiro atoms. The van der Waals surface area contributed by atoms with Crippen molar-refractivity contribution in [2.45, 2.75) is 0 Å². The van der Waals surface area contributed by atoms with E-state index >= 15 is 0 Å². The van der Waals surface area contributed by atoms with Crippen LogP contribution >= 0.6 is 19.8 Å². The first-order valence-corrected chi connectivity index (χ1v) is 17.8. The second-order valence-electron chi connectivity index (χ2n) is 8.71. The molecule has 0 saturated heterocycles. The van der Waals surface area contributed by atoms with Gasteiger partial charge in [-0.3, -0.25) is 0 Å². The summed E-state index contributed by atoms with van der Waals surface area (Å²) < 4.78 is 15.0. The minimum absolute atomic E-state index is 1.23. The van der Waals surface area contributed by atoms with Crippen LogP contribution in [-0.4, -0.2) is 0 Å². The van der Waals surface area contributed by atoms with Crippen molar-refractivity contribution in [1.29, 1.82) is 0 Å². The molecular weight excluding hydrogens is 704 g/mol. The van der Waals surface area contributed by atoms with Gasteiger partial charge >= 0.3 is 57.1 Å². The molecule has 1 fully saturated rings. The van der Waals surface area contributed by atoms with Crippen molar-refractivity contribution >= 4 is 19.8 Å². The second-order valence-corrected chi connectivity index (χ2v) is 8.71. The molecule has 1 saturated carbocycles. The van der Waals surface area contributed by atoms with Gasteiger partial charge in [0.1, 0.15) is 0 Å². The van der Waals surface area contributed by atoms with E-state index in [-0.39, 0.29) is 0 Å². The third kappa shape index (κ3) is 7.62. The fourth-order valence-electron chi connectivity index (χ4n) is 5.09. The Morgan fingerprint density at radius 1 is 0.293 bits per heavy atom. The van der Waals surface area contributed by atoms with Gasteiger partial charge in [-0.25, -0.2) is 0 Å². The Morgan fingerprint density at radius 2 is 0.415 bits per heavy atom. The summed E-state index contributed by atoms with van der Waals surface area (Å²) in [5.74, 6) is 6.39. The van der Waals surface area contributed by atoms with Gasteiger partial charge in [0, 0.05) is 29.6 Å². The van der Waals surface area contributed by atoms with E-state index in [2.05, 4.69) is 199 Å². The zero-order valence-electron chi connectivity index (χ0n) is 22.0. The van der Waals surface area contributed by atoms with Gasteiger partial charge < -0.3 is 0 Å². The summed E-state index contributed by atoms with van der Waals surface area (Å²) in [4.78, 5) is 0. The zero-order chi connectivity index (χ0) is 29.5. The average Bonchev–Trinajstić information content (AvgIpc) is 3.46. The summed E-state index contributed by atoms with van der Waals surface area (Å²) in [5, 5.41) is 0. The van der Waals surface area contributed by atoms with Crippen molar-refractivity contribution < 1.29 is 24.1 Å². The second kappa shape index (κ2) is 17.7. The molecule has 4 heteroatoms. The van der Waals surface area contributed by atoms with Crippen LogP contribution in [0.15, 0.2) is 152 Å². The predicted octanol–water partition coefficient (Wildman–Crippen LogP) is 8.92. The fraction of sp³-hybridized carbons (Fsp3) is 0. The molecule has 0 aliphatic heterocycles. The first kappa shape index (κ1) is 32.4. The molecule has 0 N–H and O–H groups in total. The summed E-state index contributed by atoms with van der Waals surface area (Å²) in [7, 11) is 0. The molecule has 2 nitrogen and oxygen atoms in total. The van der Waals surface area contributed by atoms with Crippen LogP contribution in [0.3, 0.4) is 0 Å². The molecule has 5 aromatic rings. The van der Waals surface area contributed by atoms with Crippen molar-refractivity contribution in [2.75, 3.05) is 0 Å². The van der Waals surface area contributed by atoms with E-state index in [9.17, 15) is 0 Å². The summed E-state index contributed by atoms with van der Waals surface area (Å²) in [6, 6.07) is 54.1. The van der Waals surface area contributed by atoms with E-state index in [0.29, 0.717) is 0 Å². The van der Waals surface area contributed by atoms with Crippen LogP contribution in [0.1, 0.15) is 27.8 Å². The first-order valence-electron chi connectivity index (χ1n) is 12.6. The summed E-state index contributed by atoms with van der Waals surface area (Å²) in [6.45, 7) is 9.00. The van der Waals surface area contributed by atoms with Gasteiger partial charge in [0.15, 0.2) is 0 Å². The molecule has 0 aromatic heterocycles. The number of rotatable bonds is 5. The van der Waals surface area contributed by atoms with Gasteiger partial charge in [0.05, 0.1) is 0 Å². The van der Waals surface area contributed by atoms with Gasteiger partial charge in [-0.1, -0.05) is 152 Å². The maximum absolute atomic E-state index is 7.50. The zero-order valence-corrected chi connectivity index (χ0v) is 25.9. The molecule has 1 aliphatic carbocycles. The van der Waals surface area contributed by atoms with Gasteiger partial charge in [0.25, 0.3) is 0 Å². The monoisotopic (exact) mass is 730 g/mol. The smallest absolute Gasteiger partial charge is 0.0299 e. The normalized spacial score (nSPS) is 13.9. The van der Waals surface area contributed by atoms with Crippen LogP contribution in [0.5, 0.6) is 0 Å². The van der Waals surface area contributed by atoms with Crippen molar-refractivity contribution in [2.24, 2.45) is 0 Å². The number of hydrogen-bond acceptors (Lipinski definition) is 0. The van der Waals surface area contributed by atoms with Crippen LogP contribution in [0.25, 0.3) is 0 Å². The molecule has 199 valence electrons. The first-order chi connectivity index (χ1) is 20.4. The molecule has 0 amide bonds. The summed E-state index contributed by atoms with van der Waals surface area (Å²) in [6.07, 6.45) is 0. The molecule has 6 rings (SSSR count). The molecule has 0 heterocycles. The number of halogens is 1. The van der Waals surface area contributed by atoms with E-state index in [0.717, 1.165) is 0 Å². The van der Waals surface area contributed by atoms with E-state index in [1.54, 1.807) is 0 Å². The van der Waals surface area contributed by atoms with Crippen molar-refractivity contribution in [3.05, 3.63) is 222 Å². The third-order valence-corrected chi connectivity index (χ3v) is 6.56. The summed E-state index contributed by atoms with van der Waals surface area (Å²) >= 11 is 4.40. The SMILES string of the molecule is [C-]#[O+].[C-]#[O+].[Ru+][I].c1ccc([C]2[C](c3ccccc3)[C](c3ccccc3)[C](c3ccccc3)[C]2c2ccccc2)cc1. The van der Waals surface area contributed by atoms with E-state index < -0.39 is 0 Å². The molecule has 41 heavy (non-hydrogen) atoms. The number of hydrogen-bond donors (Lipinski definition) is 0. The Morgan fingerprint density at radius 3 is 0.537 bits per heavy atom. The average molecular weight is 730 g/mol. The molecule has 0 unspecified atom stereocenters. The Bertz CT molecular complexity index is 1170. The predicted molar refractivity (Wildman–Crippen MR) is 166 cm³/mol. The van der Waals surface area contributed by atoms with Crippen molar-refractivity contribution in [3.8, 4) is 0 Å². The maximum Gasteiger partial charge on any atom is 0.0299 e. The van der Waals surface area contributed by atoms with Crippen molar-refractivity contribution in [3.63, 3.8) is 0 Å². The molecule has 0 atom stereocenters.